The van der Waals surface area contributed by atoms with Gasteiger partial charge in [0.1, 0.15) is 0 Å². The Morgan fingerprint density at radius 3 is 3.11 bits per heavy atom. The molecule has 0 saturated heterocycles. The molecule has 0 aromatic heterocycles. The van der Waals surface area contributed by atoms with E-state index in [9.17, 15) is 4.79 Å². The van der Waals surface area contributed by atoms with E-state index in [-0.39, 0.29) is 17.9 Å². The van der Waals surface area contributed by atoms with E-state index in [2.05, 4.69) is 27.3 Å². The fraction of sp³-hybridized carbons (Fsp3) is 0.462. The molecule has 0 bridgehead atoms. The third-order valence-corrected chi connectivity index (χ3v) is 4.88. The molecule has 0 aliphatic carbocycles. The van der Waals surface area contributed by atoms with E-state index in [1.807, 2.05) is 18.2 Å². The van der Waals surface area contributed by atoms with Crippen molar-refractivity contribution in [2.75, 3.05) is 24.8 Å². The van der Waals surface area contributed by atoms with Gasteiger partial charge in [-0.1, -0.05) is 34.1 Å². The number of ether oxygens (including phenoxy) is 1. The van der Waals surface area contributed by atoms with Gasteiger partial charge in [0, 0.05) is 23.1 Å². The summed E-state index contributed by atoms with van der Waals surface area (Å²) in [5.74, 6) is 0.881. The predicted octanol–water partition coefficient (Wildman–Crippen LogP) is 2.40. The van der Waals surface area contributed by atoms with Gasteiger partial charge < -0.3 is 10.1 Å². The second-order valence-electron chi connectivity index (χ2n) is 4.22. The number of carbonyl (C=O) groups excluding carboxylic acids is 1. The number of rotatable bonds is 5. The van der Waals surface area contributed by atoms with Crippen molar-refractivity contribution in [1.82, 2.24) is 5.32 Å². The Labute approximate surface area is 120 Å². The first-order valence-corrected chi connectivity index (χ1v) is 7.94. The highest BCUT2D eigenvalue weighted by Crippen LogP contribution is 2.39. The number of thioether (sulfide) groups is 1. The van der Waals surface area contributed by atoms with Crippen molar-refractivity contribution in [1.29, 1.82) is 0 Å². The molecule has 2 rings (SSSR count). The zero-order valence-corrected chi connectivity index (χ0v) is 12.6. The maximum Gasteiger partial charge on any atom is 0.228 e. The molecule has 2 unspecified atom stereocenters. The number of benzene rings is 1. The van der Waals surface area contributed by atoms with Crippen molar-refractivity contribution >= 4 is 33.6 Å². The van der Waals surface area contributed by atoms with Gasteiger partial charge in [0.25, 0.3) is 0 Å². The molecule has 1 heterocycles. The highest BCUT2D eigenvalue weighted by Gasteiger charge is 2.29. The summed E-state index contributed by atoms with van der Waals surface area (Å²) in [6.45, 7) is 0.526. The van der Waals surface area contributed by atoms with E-state index in [0.717, 1.165) is 11.3 Å². The maximum absolute atomic E-state index is 12.3. The summed E-state index contributed by atoms with van der Waals surface area (Å²) in [5.41, 5.74) is 1.14. The summed E-state index contributed by atoms with van der Waals surface area (Å²) in [6.07, 6.45) is 0. The summed E-state index contributed by atoms with van der Waals surface area (Å²) in [4.78, 5) is 13.5. The predicted molar refractivity (Wildman–Crippen MR) is 77.5 cm³/mol. The number of hydrogen-bond acceptors (Lipinski definition) is 3. The topological polar surface area (TPSA) is 38.3 Å². The van der Waals surface area contributed by atoms with Crippen molar-refractivity contribution in [3.8, 4) is 0 Å². The fourth-order valence-corrected chi connectivity index (χ4v) is 3.59. The SMILES string of the molecule is COCC(CBr)NC(=O)C1CSc2ccccc21. The van der Waals surface area contributed by atoms with Crippen molar-refractivity contribution in [3.63, 3.8) is 0 Å². The minimum atomic E-state index is -0.0374. The van der Waals surface area contributed by atoms with Crippen molar-refractivity contribution in [2.24, 2.45) is 0 Å². The van der Waals surface area contributed by atoms with Gasteiger partial charge in [0.2, 0.25) is 5.91 Å². The van der Waals surface area contributed by atoms with Crippen molar-refractivity contribution < 1.29 is 9.53 Å². The highest BCUT2D eigenvalue weighted by molar-refractivity contribution is 9.09. The molecule has 2 atom stereocenters. The van der Waals surface area contributed by atoms with Gasteiger partial charge in [0.15, 0.2) is 0 Å². The van der Waals surface area contributed by atoms with Gasteiger partial charge in [-0.25, -0.2) is 0 Å². The van der Waals surface area contributed by atoms with Gasteiger partial charge in [-0.3, -0.25) is 4.79 Å². The zero-order valence-electron chi connectivity index (χ0n) is 10.2. The van der Waals surface area contributed by atoms with E-state index >= 15 is 0 Å². The average Bonchev–Trinajstić information content (AvgIpc) is 2.82. The Morgan fingerprint density at radius 2 is 2.39 bits per heavy atom. The molecule has 0 spiro atoms. The second kappa shape index (κ2) is 6.59. The van der Waals surface area contributed by atoms with Crippen LogP contribution in [-0.2, 0) is 9.53 Å². The summed E-state index contributed by atoms with van der Waals surface area (Å²) in [7, 11) is 1.64. The molecule has 5 heteroatoms. The number of alkyl halides is 1. The molecule has 3 nitrogen and oxygen atoms in total. The molecule has 1 aromatic carbocycles. The van der Waals surface area contributed by atoms with Crippen LogP contribution in [0, 0.1) is 0 Å². The van der Waals surface area contributed by atoms with E-state index in [4.69, 9.17) is 4.74 Å². The molecule has 1 aliphatic rings. The first-order chi connectivity index (χ1) is 8.76. The van der Waals surface area contributed by atoms with Crippen LogP contribution in [0.15, 0.2) is 29.2 Å². The molecule has 18 heavy (non-hydrogen) atoms. The van der Waals surface area contributed by atoms with Crippen molar-refractivity contribution in [2.45, 2.75) is 16.9 Å². The number of amides is 1. The maximum atomic E-state index is 12.3. The number of methoxy groups -OCH3 is 1. The Balaban J connectivity index is 2.03. The Hall–Kier alpha value is -0.520. The minimum absolute atomic E-state index is 0.0280. The van der Waals surface area contributed by atoms with Crippen molar-refractivity contribution in [3.05, 3.63) is 29.8 Å². The van der Waals surface area contributed by atoms with Crippen LogP contribution < -0.4 is 5.32 Å². The number of carbonyl (C=O) groups is 1. The smallest absolute Gasteiger partial charge is 0.228 e. The minimum Gasteiger partial charge on any atom is -0.383 e. The average molecular weight is 330 g/mol. The molecule has 98 valence electrons. The molecule has 0 saturated carbocycles. The first-order valence-electron chi connectivity index (χ1n) is 5.83. The molecule has 1 amide bonds. The molecule has 1 N–H and O–H groups in total. The number of hydrogen-bond donors (Lipinski definition) is 1. The lowest BCUT2D eigenvalue weighted by Crippen LogP contribution is -2.41. The molecule has 0 radical (unpaired) electrons. The first kappa shape index (κ1) is 13.9. The van der Waals surface area contributed by atoms with E-state index in [1.165, 1.54) is 4.90 Å². The third kappa shape index (κ3) is 3.08. The van der Waals surface area contributed by atoms with Crippen LogP contribution in [0.5, 0.6) is 0 Å². The van der Waals surface area contributed by atoms with Crippen LogP contribution in [-0.4, -0.2) is 36.7 Å². The Bertz CT molecular complexity index is 427. The molecule has 1 aliphatic heterocycles. The van der Waals surface area contributed by atoms with Gasteiger partial charge >= 0.3 is 0 Å². The van der Waals surface area contributed by atoms with Gasteiger partial charge in [-0.2, -0.15) is 0 Å². The summed E-state index contributed by atoms with van der Waals surface area (Å²) < 4.78 is 5.08. The van der Waals surface area contributed by atoms with Gasteiger partial charge in [-0.05, 0) is 11.6 Å². The number of nitrogens with one attached hydrogen (secondary N) is 1. The lowest BCUT2D eigenvalue weighted by molar-refractivity contribution is -0.122. The number of fused-ring (bicyclic) bond motifs is 1. The quantitative estimate of drug-likeness (QED) is 0.843. The van der Waals surface area contributed by atoms with E-state index in [1.54, 1.807) is 18.9 Å². The summed E-state index contributed by atoms with van der Waals surface area (Å²) in [6, 6.07) is 8.14. The summed E-state index contributed by atoms with van der Waals surface area (Å²) in [5, 5.41) is 3.73. The van der Waals surface area contributed by atoms with Gasteiger partial charge in [0.05, 0.1) is 18.6 Å². The van der Waals surface area contributed by atoms with Crippen LogP contribution in [0.3, 0.4) is 0 Å². The lowest BCUT2D eigenvalue weighted by Gasteiger charge is -2.18. The third-order valence-electron chi connectivity index (χ3n) is 2.92. The normalized spacial score (nSPS) is 19.3. The van der Waals surface area contributed by atoms with Gasteiger partial charge in [-0.15, -0.1) is 11.8 Å². The Kier molecular flexibility index (Phi) is 5.09. The largest absolute Gasteiger partial charge is 0.383 e. The van der Waals surface area contributed by atoms with Crippen LogP contribution >= 0.6 is 27.7 Å². The zero-order chi connectivity index (χ0) is 13.0. The lowest BCUT2D eigenvalue weighted by atomic mass is 10.0. The summed E-state index contributed by atoms with van der Waals surface area (Å²) >= 11 is 5.13. The van der Waals surface area contributed by atoms with Crippen LogP contribution in [0.2, 0.25) is 0 Å². The van der Waals surface area contributed by atoms with Crippen LogP contribution in [0.4, 0.5) is 0 Å². The van der Waals surface area contributed by atoms with Crippen LogP contribution in [0.1, 0.15) is 11.5 Å². The second-order valence-corrected chi connectivity index (χ2v) is 5.93. The van der Waals surface area contributed by atoms with Crippen LogP contribution in [0.25, 0.3) is 0 Å². The molecule has 1 aromatic rings. The number of halogens is 1. The molecular weight excluding hydrogens is 314 g/mol. The monoisotopic (exact) mass is 329 g/mol. The standard InChI is InChI=1S/C13H16BrNO2S/c1-17-7-9(6-14)15-13(16)11-8-18-12-5-3-2-4-10(11)12/h2-5,9,11H,6-8H2,1H3,(H,15,16). The molecular formula is C13H16BrNO2S. The highest BCUT2D eigenvalue weighted by atomic mass is 79.9. The van der Waals surface area contributed by atoms with E-state index < -0.39 is 0 Å². The Morgan fingerprint density at radius 1 is 1.61 bits per heavy atom. The fourth-order valence-electron chi connectivity index (χ4n) is 2.01. The molecule has 0 fully saturated rings. The van der Waals surface area contributed by atoms with E-state index in [0.29, 0.717) is 11.9 Å².